The van der Waals surface area contributed by atoms with Crippen LogP contribution in [0.1, 0.15) is 35.2 Å². The molecule has 1 spiro atoms. The summed E-state index contributed by atoms with van der Waals surface area (Å²) in [5, 5.41) is 11.1. The van der Waals surface area contributed by atoms with Crippen LogP contribution in [-0.2, 0) is 16.1 Å². The van der Waals surface area contributed by atoms with Gasteiger partial charge < -0.3 is 14.5 Å². The zero-order valence-electron chi connectivity index (χ0n) is 14.8. The molecule has 0 bridgehead atoms. The van der Waals surface area contributed by atoms with Crippen molar-refractivity contribution < 1.29 is 14.3 Å². The third kappa shape index (κ3) is 2.53. The number of carbonyl (C=O) groups excluding carboxylic acids is 2. The summed E-state index contributed by atoms with van der Waals surface area (Å²) in [7, 11) is 0. The molecule has 0 N–H and O–H groups in total. The van der Waals surface area contributed by atoms with Gasteiger partial charge in [-0.2, -0.15) is 0 Å². The van der Waals surface area contributed by atoms with Crippen molar-refractivity contribution in [2.75, 3.05) is 19.7 Å². The number of aromatic nitrogens is 4. The van der Waals surface area contributed by atoms with E-state index < -0.39 is 5.72 Å². The second-order valence-electron chi connectivity index (χ2n) is 7.27. The molecule has 0 radical (unpaired) electrons. The van der Waals surface area contributed by atoms with Gasteiger partial charge in [-0.1, -0.05) is 12.1 Å². The molecule has 5 rings (SSSR count). The molecule has 0 unspecified atom stereocenters. The van der Waals surface area contributed by atoms with Crippen molar-refractivity contribution in [3.8, 4) is 0 Å². The average molecular weight is 368 g/mol. The predicted molar refractivity (Wildman–Crippen MR) is 92.4 cm³/mol. The standard InChI is InChI=1S/C18H20N6O3/c25-16-10-15-18(24(16)7-1-9-27-18)6-8-23(15)17(26)14-4-2-13(3-5-14)11-22-12-19-20-21-22/h2-5,12,15H,1,6-11H2/t15-,18+/m1/s1. The first kappa shape index (κ1) is 16.4. The zero-order chi connectivity index (χ0) is 18.4. The summed E-state index contributed by atoms with van der Waals surface area (Å²) >= 11 is 0. The monoisotopic (exact) mass is 368 g/mol. The van der Waals surface area contributed by atoms with Gasteiger partial charge in [-0.05, 0) is 34.5 Å². The molecule has 3 aliphatic rings. The first-order valence-corrected chi connectivity index (χ1v) is 9.22. The van der Waals surface area contributed by atoms with E-state index in [2.05, 4.69) is 15.5 Å². The van der Waals surface area contributed by atoms with Crippen LogP contribution < -0.4 is 0 Å². The number of likely N-dealkylation sites (tertiary alicyclic amines) is 1. The molecule has 0 saturated carbocycles. The third-order valence-corrected chi connectivity index (χ3v) is 5.81. The highest BCUT2D eigenvalue weighted by Crippen LogP contribution is 2.45. The Morgan fingerprint density at radius 3 is 2.89 bits per heavy atom. The van der Waals surface area contributed by atoms with Crippen molar-refractivity contribution in [1.29, 1.82) is 0 Å². The fourth-order valence-corrected chi connectivity index (χ4v) is 4.55. The second kappa shape index (κ2) is 6.12. The average Bonchev–Trinajstić information content (AvgIpc) is 3.37. The number of hydrogen-bond donors (Lipinski definition) is 0. The van der Waals surface area contributed by atoms with Gasteiger partial charge in [0, 0.05) is 25.1 Å². The number of benzene rings is 1. The number of tetrazole rings is 1. The number of rotatable bonds is 3. The fourth-order valence-electron chi connectivity index (χ4n) is 4.55. The van der Waals surface area contributed by atoms with E-state index in [4.69, 9.17) is 4.74 Å². The predicted octanol–water partition coefficient (Wildman–Crippen LogP) is 0.285. The Kier molecular flexibility index (Phi) is 3.71. The van der Waals surface area contributed by atoms with Crippen LogP contribution in [-0.4, -0.2) is 73.3 Å². The summed E-state index contributed by atoms with van der Waals surface area (Å²) in [5.74, 6) is 0.0451. The molecule has 3 saturated heterocycles. The first-order valence-electron chi connectivity index (χ1n) is 9.22. The lowest BCUT2D eigenvalue weighted by Gasteiger charge is -2.42. The van der Waals surface area contributed by atoms with E-state index in [0.29, 0.717) is 38.1 Å². The van der Waals surface area contributed by atoms with Gasteiger partial charge >= 0.3 is 0 Å². The zero-order valence-corrected chi connectivity index (χ0v) is 14.8. The maximum atomic E-state index is 13.1. The molecule has 2 atom stereocenters. The molecular formula is C18H20N6O3. The SMILES string of the molecule is O=C(c1ccc(Cn2cnnn2)cc1)N1CC[C@@]23OCCCN2C(=O)C[C@@H]13. The lowest BCUT2D eigenvalue weighted by molar-refractivity contribution is -0.179. The smallest absolute Gasteiger partial charge is 0.254 e. The Hall–Kier alpha value is -2.81. The number of carbonyl (C=O) groups is 2. The Labute approximate surface area is 155 Å². The summed E-state index contributed by atoms with van der Waals surface area (Å²) in [6.07, 6.45) is 3.45. The van der Waals surface area contributed by atoms with Gasteiger partial charge in [-0.25, -0.2) is 4.68 Å². The number of ether oxygens (including phenoxy) is 1. The number of hydrogen-bond acceptors (Lipinski definition) is 6. The molecule has 2 aromatic rings. The molecule has 9 nitrogen and oxygen atoms in total. The first-order chi connectivity index (χ1) is 13.2. The number of amides is 2. The topological polar surface area (TPSA) is 93.4 Å². The number of nitrogens with zero attached hydrogens (tertiary/aromatic N) is 6. The summed E-state index contributed by atoms with van der Waals surface area (Å²) < 4.78 is 7.69. The van der Waals surface area contributed by atoms with Crippen LogP contribution in [0.25, 0.3) is 0 Å². The fraction of sp³-hybridized carbons (Fsp3) is 0.500. The van der Waals surface area contributed by atoms with Crippen LogP contribution in [0.15, 0.2) is 30.6 Å². The molecule has 2 amide bonds. The lowest BCUT2D eigenvalue weighted by atomic mass is 10.0. The maximum Gasteiger partial charge on any atom is 0.254 e. The Morgan fingerprint density at radius 1 is 1.26 bits per heavy atom. The summed E-state index contributed by atoms with van der Waals surface area (Å²) in [5.41, 5.74) is 1.02. The second-order valence-corrected chi connectivity index (χ2v) is 7.27. The van der Waals surface area contributed by atoms with Crippen molar-refractivity contribution in [2.24, 2.45) is 0 Å². The van der Waals surface area contributed by atoms with Gasteiger partial charge in [0.1, 0.15) is 6.33 Å². The van der Waals surface area contributed by atoms with Crippen LogP contribution in [0.5, 0.6) is 0 Å². The van der Waals surface area contributed by atoms with Crippen LogP contribution >= 0.6 is 0 Å². The van der Waals surface area contributed by atoms with Crippen LogP contribution in [0.4, 0.5) is 0 Å². The minimum atomic E-state index is -0.606. The van der Waals surface area contributed by atoms with E-state index in [1.165, 1.54) is 0 Å². The van der Waals surface area contributed by atoms with Crippen LogP contribution in [0.3, 0.4) is 0 Å². The molecule has 140 valence electrons. The third-order valence-electron chi connectivity index (χ3n) is 5.81. The Morgan fingerprint density at radius 2 is 2.11 bits per heavy atom. The Bertz CT molecular complexity index is 868. The largest absolute Gasteiger partial charge is 0.353 e. The van der Waals surface area contributed by atoms with E-state index >= 15 is 0 Å². The van der Waals surface area contributed by atoms with E-state index in [-0.39, 0.29) is 17.9 Å². The van der Waals surface area contributed by atoms with Gasteiger partial charge in [0.25, 0.3) is 5.91 Å². The minimum Gasteiger partial charge on any atom is -0.353 e. The molecule has 4 heterocycles. The summed E-state index contributed by atoms with van der Waals surface area (Å²) in [6, 6.07) is 7.26. The normalized spacial score (nSPS) is 27.0. The van der Waals surface area contributed by atoms with Gasteiger partial charge in [0.15, 0.2) is 5.72 Å². The van der Waals surface area contributed by atoms with Crippen molar-refractivity contribution >= 4 is 11.8 Å². The molecular weight excluding hydrogens is 348 g/mol. The molecule has 27 heavy (non-hydrogen) atoms. The van der Waals surface area contributed by atoms with Crippen LogP contribution in [0.2, 0.25) is 0 Å². The van der Waals surface area contributed by atoms with Gasteiger partial charge in [0.2, 0.25) is 5.91 Å². The molecule has 9 heteroatoms. The van der Waals surface area contributed by atoms with Crippen molar-refractivity contribution in [1.82, 2.24) is 30.0 Å². The molecule has 1 aromatic heterocycles. The van der Waals surface area contributed by atoms with Crippen molar-refractivity contribution in [2.45, 2.75) is 37.6 Å². The quantitative estimate of drug-likeness (QED) is 0.773. The molecule has 0 aliphatic carbocycles. The van der Waals surface area contributed by atoms with Gasteiger partial charge in [0.05, 0.1) is 25.6 Å². The summed E-state index contributed by atoms with van der Waals surface area (Å²) in [6.45, 7) is 2.53. The molecule has 1 aromatic carbocycles. The van der Waals surface area contributed by atoms with Crippen molar-refractivity contribution in [3.63, 3.8) is 0 Å². The Balaban J connectivity index is 1.35. The molecule has 3 aliphatic heterocycles. The summed E-state index contributed by atoms with van der Waals surface area (Å²) in [4.78, 5) is 29.2. The van der Waals surface area contributed by atoms with Crippen LogP contribution in [0, 0.1) is 0 Å². The highest BCUT2D eigenvalue weighted by Gasteiger charge is 2.61. The van der Waals surface area contributed by atoms with E-state index in [1.807, 2.05) is 34.1 Å². The van der Waals surface area contributed by atoms with E-state index in [9.17, 15) is 9.59 Å². The van der Waals surface area contributed by atoms with Crippen molar-refractivity contribution in [3.05, 3.63) is 41.7 Å². The highest BCUT2D eigenvalue weighted by molar-refractivity contribution is 5.95. The van der Waals surface area contributed by atoms with E-state index in [1.54, 1.807) is 11.0 Å². The van der Waals surface area contributed by atoms with E-state index in [0.717, 1.165) is 18.5 Å². The van der Waals surface area contributed by atoms with Gasteiger partial charge in [-0.15, -0.1) is 5.10 Å². The van der Waals surface area contributed by atoms with Gasteiger partial charge in [-0.3, -0.25) is 9.59 Å². The lowest BCUT2D eigenvalue weighted by Crippen LogP contribution is -2.56. The maximum absolute atomic E-state index is 13.1. The highest BCUT2D eigenvalue weighted by atomic mass is 16.5. The minimum absolute atomic E-state index is 0.0466. The molecule has 3 fully saturated rings.